The second-order valence-corrected chi connectivity index (χ2v) is 7.37. The molecule has 2 aromatic heterocycles. The second-order valence-electron chi connectivity index (χ2n) is 6.39. The van der Waals surface area contributed by atoms with E-state index in [4.69, 9.17) is 0 Å². The SMILES string of the molecule is CN=C(NCC(C)c1cccs1)NCC(c1cccnc1)C(C)C. The highest BCUT2D eigenvalue weighted by Gasteiger charge is 2.16. The summed E-state index contributed by atoms with van der Waals surface area (Å²) < 4.78 is 0. The normalized spacial score (nSPS) is 14.5. The fourth-order valence-corrected chi connectivity index (χ4v) is 3.47. The molecule has 0 fully saturated rings. The Balaban J connectivity index is 1.88. The van der Waals surface area contributed by atoms with E-state index in [0.29, 0.717) is 17.8 Å². The summed E-state index contributed by atoms with van der Waals surface area (Å²) in [4.78, 5) is 10.00. The third-order valence-corrected chi connectivity index (χ3v) is 5.34. The van der Waals surface area contributed by atoms with Crippen molar-refractivity contribution in [3.8, 4) is 0 Å². The van der Waals surface area contributed by atoms with E-state index < -0.39 is 0 Å². The van der Waals surface area contributed by atoms with E-state index in [-0.39, 0.29) is 0 Å². The number of guanidine groups is 1. The highest BCUT2D eigenvalue weighted by atomic mass is 32.1. The minimum Gasteiger partial charge on any atom is -0.356 e. The number of hydrogen-bond donors (Lipinski definition) is 2. The first kappa shape index (κ1) is 18.5. The van der Waals surface area contributed by atoms with Gasteiger partial charge in [-0.3, -0.25) is 9.98 Å². The molecule has 24 heavy (non-hydrogen) atoms. The van der Waals surface area contributed by atoms with Gasteiger partial charge in [-0.25, -0.2) is 0 Å². The molecule has 0 aromatic carbocycles. The zero-order chi connectivity index (χ0) is 17.4. The molecule has 2 unspecified atom stereocenters. The first-order chi connectivity index (χ1) is 11.6. The van der Waals surface area contributed by atoms with E-state index in [9.17, 15) is 0 Å². The van der Waals surface area contributed by atoms with E-state index in [2.05, 4.69) is 65.0 Å². The largest absolute Gasteiger partial charge is 0.356 e. The fourth-order valence-electron chi connectivity index (χ4n) is 2.68. The van der Waals surface area contributed by atoms with Gasteiger partial charge in [0.2, 0.25) is 0 Å². The van der Waals surface area contributed by atoms with Gasteiger partial charge >= 0.3 is 0 Å². The number of aromatic nitrogens is 1. The number of nitrogens with zero attached hydrogens (tertiary/aromatic N) is 2. The molecule has 2 atom stereocenters. The highest BCUT2D eigenvalue weighted by Crippen LogP contribution is 2.23. The number of thiophene rings is 1. The van der Waals surface area contributed by atoms with Gasteiger partial charge < -0.3 is 10.6 Å². The lowest BCUT2D eigenvalue weighted by atomic mass is 9.89. The van der Waals surface area contributed by atoms with Crippen molar-refractivity contribution in [2.24, 2.45) is 10.9 Å². The average Bonchev–Trinajstić information content (AvgIpc) is 3.13. The molecule has 2 N–H and O–H groups in total. The predicted molar refractivity (Wildman–Crippen MR) is 104 cm³/mol. The van der Waals surface area contributed by atoms with Crippen LogP contribution in [-0.2, 0) is 0 Å². The van der Waals surface area contributed by atoms with Gasteiger partial charge in [-0.15, -0.1) is 11.3 Å². The minimum absolute atomic E-state index is 0.409. The third-order valence-electron chi connectivity index (χ3n) is 4.23. The van der Waals surface area contributed by atoms with Crippen LogP contribution in [0, 0.1) is 5.92 Å². The van der Waals surface area contributed by atoms with E-state index in [1.807, 2.05) is 25.5 Å². The Labute approximate surface area is 149 Å². The van der Waals surface area contributed by atoms with Crippen LogP contribution in [0.4, 0.5) is 0 Å². The van der Waals surface area contributed by atoms with Crippen LogP contribution in [0.15, 0.2) is 47.0 Å². The summed E-state index contributed by atoms with van der Waals surface area (Å²) in [6.45, 7) is 8.44. The van der Waals surface area contributed by atoms with Crippen LogP contribution in [0.3, 0.4) is 0 Å². The Bertz CT molecular complexity index is 608. The van der Waals surface area contributed by atoms with Crippen LogP contribution in [0.5, 0.6) is 0 Å². The highest BCUT2D eigenvalue weighted by molar-refractivity contribution is 7.10. The lowest BCUT2D eigenvalue weighted by molar-refractivity contribution is 0.486. The first-order valence-corrected chi connectivity index (χ1v) is 9.37. The van der Waals surface area contributed by atoms with Gasteiger partial charge in [0.05, 0.1) is 0 Å². The van der Waals surface area contributed by atoms with Gasteiger partial charge in [-0.1, -0.05) is 32.9 Å². The van der Waals surface area contributed by atoms with Crippen molar-refractivity contribution in [3.05, 3.63) is 52.5 Å². The van der Waals surface area contributed by atoms with Gasteiger partial charge in [-0.2, -0.15) is 0 Å². The number of nitrogens with one attached hydrogen (secondary N) is 2. The Hall–Kier alpha value is -1.88. The molecule has 0 aliphatic heterocycles. The third kappa shape index (κ3) is 5.34. The maximum absolute atomic E-state index is 4.35. The second kappa shape index (κ2) is 9.42. The smallest absolute Gasteiger partial charge is 0.191 e. The fraction of sp³-hybridized carbons (Fsp3) is 0.474. The molecule has 2 rings (SSSR count). The quantitative estimate of drug-likeness (QED) is 0.592. The van der Waals surface area contributed by atoms with E-state index in [1.165, 1.54) is 10.4 Å². The summed E-state index contributed by atoms with van der Waals surface area (Å²) >= 11 is 1.80. The number of rotatable bonds is 7. The topological polar surface area (TPSA) is 49.3 Å². The van der Waals surface area contributed by atoms with Gasteiger partial charge in [0, 0.05) is 49.2 Å². The first-order valence-electron chi connectivity index (χ1n) is 8.49. The van der Waals surface area contributed by atoms with E-state index >= 15 is 0 Å². The van der Waals surface area contributed by atoms with Crippen molar-refractivity contribution < 1.29 is 0 Å². The molecule has 0 radical (unpaired) electrons. The van der Waals surface area contributed by atoms with Crippen LogP contribution in [0.2, 0.25) is 0 Å². The number of aliphatic imine (C=N–C) groups is 1. The molecule has 0 saturated heterocycles. The lowest BCUT2D eigenvalue weighted by Gasteiger charge is -2.23. The maximum Gasteiger partial charge on any atom is 0.191 e. The molecule has 130 valence electrons. The van der Waals surface area contributed by atoms with Gasteiger partial charge in [-0.05, 0) is 29.0 Å². The van der Waals surface area contributed by atoms with Crippen molar-refractivity contribution in [2.45, 2.75) is 32.6 Å². The molecule has 0 aliphatic rings. The Kier molecular flexibility index (Phi) is 7.25. The zero-order valence-electron chi connectivity index (χ0n) is 15.0. The van der Waals surface area contributed by atoms with Gasteiger partial charge in [0.15, 0.2) is 5.96 Å². The average molecular weight is 345 g/mol. The summed E-state index contributed by atoms with van der Waals surface area (Å²) in [5.41, 5.74) is 1.27. The number of pyridine rings is 1. The molecular weight excluding hydrogens is 316 g/mol. The Morgan fingerprint density at radius 2 is 1.96 bits per heavy atom. The lowest BCUT2D eigenvalue weighted by Crippen LogP contribution is -2.41. The van der Waals surface area contributed by atoms with Crippen LogP contribution in [-0.4, -0.2) is 31.1 Å². The predicted octanol–water partition coefficient (Wildman–Crippen LogP) is 3.85. The summed E-state index contributed by atoms with van der Waals surface area (Å²) in [6, 6.07) is 8.43. The van der Waals surface area contributed by atoms with Crippen LogP contribution < -0.4 is 10.6 Å². The molecule has 2 aromatic rings. The summed E-state index contributed by atoms with van der Waals surface area (Å²) in [7, 11) is 1.82. The molecule has 0 spiro atoms. The summed E-state index contributed by atoms with van der Waals surface area (Å²) in [5.74, 6) is 2.27. The van der Waals surface area contributed by atoms with Crippen LogP contribution >= 0.6 is 11.3 Å². The monoisotopic (exact) mass is 344 g/mol. The molecule has 0 aliphatic carbocycles. The standard InChI is InChI=1S/C19H28N4S/c1-14(2)17(16-7-5-9-21-12-16)13-23-19(20-4)22-11-15(3)18-8-6-10-24-18/h5-10,12,14-15,17H,11,13H2,1-4H3,(H2,20,22,23). The zero-order valence-corrected chi connectivity index (χ0v) is 15.8. The molecule has 0 bridgehead atoms. The van der Waals surface area contributed by atoms with Crippen molar-refractivity contribution in [1.29, 1.82) is 0 Å². The van der Waals surface area contributed by atoms with Gasteiger partial charge in [0.1, 0.15) is 0 Å². The number of hydrogen-bond acceptors (Lipinski definition) is 3. The van der Waals surface area contributed by atoms with E-state index in [0.717, 1.165) is 19.0 Å². The van der Waals surface area contributed by atoms with Crippen molar-refractivity contribution in [2.75, 3.05) is 20.1 Å². The van der Waals surface area contributed by atoms with Crippen molar-refractivity contribution >= 4 is 17.3 Å². The minimum atomic E-state index is 0.409. The van der Waals surface area contributed by atoms with Gasteiger partial charge in [0.25, 0.3) is 0 Å². The van der Waals surface area contributed by atoms with Crippen LogP contribution in [0.25, 0.3) is 0 Å². The molecule has 5 heteroatoms. The Morgan fingerprint density at radius 1 is 1.17 bits per heavy atom. The molecular formula is C19H28N4S. The van der Waals surface area contributed by atoms with Crippen LogP contribution in [0.1, 0.15) is 43.0 Å². The molecule has 4 nitrogen and oxygen atoms in total. The molecule has 0 saturated carbocycles. The van der Waals surface area contributed by atoms with Crippen molar-refractivity contribution in [3.63, 3.8) is 0 Å². The molecule has 2 heterocycles. The summed E-state index contributed by atoms with van der Waals surface area (Å²) in [5, 5.41) is 9.02. The molecule has 0 amide bonds. The van der Waals surface area contributed by atoms with E-state index in [1.54, 1.807) is 11.3 Å². The Morgan fingerprint density at radius 3 is 2.54 bits per heavy atom. The summed E-state index contributed by atoms with van der Waals surface area (Å²) in [6.07, 6.45) is 3.78. The van der Waals surface area contributed by atoms with Crippen molar-refractivity contribution in [1.82, 2.24) is 15.6 Å². The maximum atomic E-state index is 4.35.